The summed E-state index contributed by atoms with van der Waals surface area (Å²) in [6.07, 6.45) is 0. The van der Waals surface area contributed by atoms with Gasteiger partial charge in [0, 0.05) is 0 Å². The number of methoxy groups -OCH3 is 1. The van der Waals surface area contributed by atoms with Crippen molar-refractivity contribution in [1.82, 2.24) is 0 Å². The van der Waals surface area contributed by atoms with E-state index in [0.717, 1.165) is 11.3 Å². The summed E-state index contributed by atoms with van der Waals surface area (Å²) in [5.41, 5.74) is 0.914. The normalized spacial score (nSPS) is 9.85. The molecule has 2 N–H and O–H groups in total. The molecule has 1 aromatic heterocycles. The Morgan fingerprint density at radius 1 is 1.62 bits per heavy atom. The SMILES string of the molecule is COC(=O)c1scc(B(O)O)c1C. The van der Waals surface area contributed by atoms with Gasteiger partial charge in [-0.15, -0.1) is 11.3 Å². The van der Waals surface area contributed by atoms with Crippen LogP contribution >= 0.6 is 11.3 Å². The van der Waals surface area contributed by atoms with Crippen LogP contribution < -0.4 is 5.46 Å². The molecule has 0 fully saturated rings. The topological polar surface area (TPSA) is 66.8 Å². The maximum Gasteiger partial charge on any atom is 0.489 e. The minimum Gasteiger partial charge on any atom is -0.465 e. The highest BCUT2D eigenvalue weighted by Gasteiger charge is 2.21. The molecular formula is C7H9BO4S. The van der Waals surface area contributed by atoms with Crippen molar-refractivity contribution in [3.8, 4) is 0 Å². The minimum atomic E-state index is -1.53. The number of ether oxygens (including phenoxy) is 1. The molecule has 0 amide bonds. The third kappa shape index (κ3) is 1.90. The Hall–Kier alpha value is -0.845. The second-order valence-corrected chi connectivity index (χ2v) is 3.39. The molecule has 0 unspecified atom stereocenters. The van der Waals surface area contributed by atoms with E-state index in [9.17, 15) is 4.79 Å². The van der Waals surface area contributed by atoms with Crippen LogP contribution in [0.3, 0.4) is 0 Å². The second-order valence-electron chi connectivity index (χ2n) is 2.51. The van der Waals surface area contributed by atoms with Crippen LogP contribution in [0.5, 0.6) is 0 Å². The Morgan fingerprint density at radius 2 is 2.23 bits per heavy atom. The Kier molecular flexibility index (Phi) is 3.08. The van der Waals surface area contributed by atoms with Crippen molar-refractivity contribution in [2.45, 2.75) is 6.92 Å². The smallest absolute Gasteiger partial charge is 0.465 e. The van der Waals surface area contributed by atoms with Crippen LogP contribution in [0.1, 0.15) is 15.2 Å². The van der Waals surface area contributed by atoms with Gasteiger partial charge in [0.15, 0.2) is 0 Å². The molecule has 1 heterocycles. The largest absolute Gasteiger partial charge is 0.489 e. The first-order chi connectivity index (χ1) is 6.07. The number of hydrogen-bond donors (Lipinski definition) is 2. The first-order valence-corrected chi connectivity index (χ1v) is 4.48. The zero-order valence-corrected chi connectivity index (χ0v) is 8.09. The van der Waals surface area contributed by atoms with Gasteiger partial charge in [0.25, 0.3) is 0 Å². The van der Waals surface area contributed by atoms with E-state index in [1.165, 1.54) is 12.5 Å². The molecule has 0 aromatic carbocycles. The Morgan fingerprint density at radius 3 is 2.62 bits per heavy atom. The van der Waals surface area contributed by atoms with Gasteiger partial charge in [0.2, 0.25) is 0 Å². The fourth-order valence-electron chi connectivity index (χ4n) is 0.979. The Bertz CT molecular complexity index is 320. The van der Waals surface area contributed by atoms with Crippen LogP contribution in [-0.4, -0.2) is 30.2 Å². The first kappa shape index (κ1) is 10.2. The van der Waals surface area contributed by atoms with Crippen molar-refractivity contribution in [3.63, 3.8) is 0 Å². The molecule has 4 nitrogen and oxygen atoms in total. The third-order valence-corrected chi connectivity index (χ3v) is 2.81. The monoisotopic (exact) mass is 200 g/mol. The highest BCUT2D eigenvalue weighted by Crippen LogP contribution is 2.14. The van der Waals surface area contributed by atoms with E-state index >= 15 is 0 Å². The Balaban J connectivity index is 3.06. The maximum atomic E-state index is 11.1. The molecule has 0 aliphatic carbocycles. The average Bonchev–Trinajstić information content (AvgIpc) is 2.46. The molecule has 0 aliphatic rings. The van der Waals surface area contributed by atoms with Gasteiger partial charge in [-0.2, -0.15) is 0 Å². The fourth-order valence-corrected chi connectivity index (χ4v) is 2.00. The van der Waals surface area contributed by atoms with Crippen molar-refractivity contribution in [2.24, 2.45) is 0 Å². The molecule has 0 radical (unpaired) electrons. The number of rotatable bonds is 2. The van der Waals surface area contributed by atoms with Crippen molar-refractivity contribution in [3.05, 3.63) is 15.8 Å². The van der Waals surface area contributed by atoms with E-state index in [2.05, 4.69) is 4.74 Å². The molecule has 0 aliphatic heterocycles. The lowest BCUT2D eigenvalue weighted by molar-refractivity contribution is 0.0605. The number of thiophene rings is 1. The summed E-state index contributed by atoms with van der Waals surface area (Å²) >= 11 is 1.14. The molecule has 0 saturated heterocycles. The number of carbonyl (C=O) groups excluding carboxylic acids is 1. The zero-order valence-electron chi connectivity index (χ0n) is 7.27. The molecule has 0 bridgehead atoms. The van der Waals surface area contributed by atoms with Crippen LogP contribution in [0, 0.1) is 6.92 Å². The quantitative estimate of drug-likeness (QED) is 0.500. The number of hydrogen-bond acceptors (Lipinski definition) is 5. The summed E-state index contributed by atoms with van der Waals surface area (Å²) in [5, 5.41) is 19.3. The summed E-state index contributed by atoms with van der Waals surface area (Å²) < 4.78 is 4.52. The summed E-state index contributed by atoms with van der Waals surface area (Å²) in [5.74, 6) is -0.450. The molecule has 6 heteroatoms. The van der Waals surface area contributed by atoms with E-state index < -0.39 is 13.1 Å². The van der Waals surface area contributed by atoms with Crippen LogP contribution in [0.4, 0.5) is 0 Å². The van der Waals surface area contributed by atoms with E-state index in [1.54, 1.807) is 6.92 Å². The van der Waals surface area contributed by atoms with Crippen LogP contribution in [-0.2, 0) is 4.74 Å². The third-order valence-electron chi connectivity index (χ3n) is 1.73. The van der Waals surface area contributed by atoms with Gasteiger partial charge in [0.1, 0.15) is 4.88 Å². The van der Waals surface area contributed by atoms with E-state index in [1.807, 2.05) is 0 Å². The molecule has 1 aromatic rings. The summed E-state index contributed by atoms with van der Waals surface area (Å²) in [4.78, 5) is 11.5. The van der Waals surface area contributed by atoms with Gasteiger partial charge >= 0.3 is 13.1 Å². The first-order valence-electron chi connectivity index (χ1n) is 3.60. The molecule has 0 saturated carbocycles. The molecule has 13 heavy (non-hydrogen) atoms. The molecule has 0 atom stereocenters. The number of esters is 1. The van der Waals surface area contributed by atoms with E-state index in [4.69, 9.17) is 10.0 Å². The predicted octanol–water partition coefficient (Wildman–Crippen LogP) is -0.477. The van der Waals surface area contributed by atoms with Crippen molar-refractivity contribution >= 4 is 29.9 Å². The van der Waals surface area contributed by atoms with Gasteiger partial charge in [-0.05, 0) is 23.3 Å². The lowest BCUT2D eigenvalue weighted by Crippen LogP contribution is -2.30. The highest BCUT2D eigenvalue weighted by molar-refractivity contribution is 7.13. The molecule has 0 spiro atoms. The maximum absolute atomic E-state index is 11.1. The van der Waals surface area contributed by atoms with Crippen LogP contribution in [0.15, 0.2) is 5.38 Å². The minimum absolute atomic E-state index is 0.352. The van der Waals surface area contributed by atoms with Crippen LogP contribution in [0.25, 0.3) is 0 Å². The van der Waals surface area contributed by atoms with Crippen molar-refractivity contribution in [1.29, 1.82) is 0 Å². The standard InChI is InChI=1S/C7H9BO4S/c1-4-5(8(10)11)3-13-6(4)7(9)12-2/h3,10-11H,1-2H3. The van der Waals surface area contributed by atoms with Crippen molar-refractivity contribution in [2.75, 3.05) is 7.11 Å². The Labute approximate surface area is 79.9 Å². The molecule has 70 valence electrons. The number of carbonyl (C=O) groups is 1. The van der Waals surface area contributed by atoms with Gasteiger partial charge < -0.3 is 14.8 Å². The van der Waals surface area contributed by atoms with E-state index in [-0.39, 0.29) is 0 Å². The van der Waals surface area contributed by atoms with E-state index in [0.29, 0.717) is 15.9 Å². The second kappa shape index (κ2) is 3.91. The van der Waals surface area contributed by atoms with Gasteiger partial charge in [-0.25, -0.2) is 4.79 Å². The summed E-state index contributed by atoms with van der Waals surface area (Å²) in [7, 11) is -0.244. The lowest BCUT2D eigenvalue weighted by atomic mass is 9.79. The van der Waals surface area contributed by atoms with Gasteiger partial charge in [-0.1, -0.05) is 0 Å². The fraction of sp³-hybridized carbons (Fsp3) is 0.286. The van der Waals surface area contributed by atoms with Gasteiger partial charge in [-0.3, -0.25) is 0 Å². The zero-order chi connectivity index (χ0) is 10.0. The summed E-state index contributed by atoms with van der Waals surface area (Å²) in [6.45, 7) is 1.65. The summed E-state index contributed by atoms with van der Waals surface area (Å²) in [6, 6.07) is 0. The lowest BCUT2D eigenvalue weighted by Gasteiger charge is -1.99. The van der Waals surface area contributed by atoms with Crippen molar-refractivity contribution < 1.29 is 19.6 Å². The predicted molar refractivity (Wildman–Crippen MR) is 50.2 cm³/mol. The highest BCUT2D eigenvalue weighted by atomic mass is 32.1. The van der Waals surface area contributed by atoms with Gasteiger partial charge in [0.05, 0.1) is 7.11 Å². The molecule has 1 rings (SSSR count). The molecular weight excluding hydrogens is 191 g/mol. The van der Waals surface area contributed by atoms with Crippen LogP contribution in [0.2, 0.25) is 0 Å². The average molecular weight is 200 g/mol.